The van der Waals surface area contributed by atoms with Crippen LogP contribution in [0.2, 0.25) is 0 Å². The van der Waals surface area contributed by atoms with Gasteiger partial charge in [-0.3, -0.25) is 17.2 Å². The molecule has 1 radical (unpaired) electrons. The molecule has 0 saturated carbocycles. The van der Waals surface area contributed by atoms with Gasteiger partial charge in [0, 0.05) is 53.8 Å². The number of hydrogen-bond donors (Lipinski definition) is 0. The van der Waals surface area contributed by atoms with Gasteiger partial charge in [-0.1, -0.05) is 13.3 Å². The van der Waals surface area contributed by atoms with Gasteiger partial charge >= 0.3 is 0 Å². The van der Waals surface area contributed by atoms with E-state index in [2.05, 4.69) is 26.0 Å². The molecule has 0 unspecified atom stereocenters. The summed E-state index contributed by atoms with van der Waals surface area (Å²) in [6.07, 6.45) is 1.07. The van der Waals surface area contributed by atoms with E-state index in [0.29, 0.717) is 0 Å². The zero-order valence-electron chi connectivity index (χ0n) is 6.85. The molecule has 0 aliphatic rings. The molecule has 0 saturated heterocycles. The Morgan fingerprint density at radius 3 is 2.45 bits per heavy atom. The van der Waals surface area contributed by atoms with E-state index in [4.69, 9.17) is 0 Å². The first-order valence-electron chi connectivity index (χ1n) is 3.22. The second-order valence-electron chi connectivity index (χ2n) is 2.11. The SMILES string of the molecule is CCc1[c-]c[c-]cc1C.[W].[Y]. The van der Waals surface area contributed by atoms with Crippen LogP contribution < -0.4 is 0 Å². The Hall–Kier alpha value is 1.01. The van der Waals surface area contributed by atoms with Crippen LogP contribution >= 0.6 is 0 Å². The van der Waals surface area contributed by atoms with Gasteiger partial charge in [-0.15, -0.1) is 6.92 Å². The van der Waals surface area contributed by atoms with E-state index in [1.807, 2.05) is 12.1 Å². The van der Waals surface area contributed by atoms with Crippen LogP contribution in [0.15, 0.2) is 12.1 Å². The molecule has 0 heterocycles. The van der Waals surface area contributed by atoms with E-state index in [1.165, 1.54) is 11.1 Å². The monoisotopic (exact) mass is 391 g/mol. The zero-order valence-corrected chi connectivity index (χ0v) is 12.6. The predicted octanol–water partition coefficient (Wildman–Crippen LogP) is 2.15. The van der Waals surface area contributed by atoms with Gasteiger partial charge in [0.25, 0.3) is 0 Å². The fourth-order valence-electron chi connectivity index (χ4n) is 0.877. The first-order chi connectivity index (χ1) is 4.34. The second-order valence-corrected chi connectivity index (χ2v) is 2.11. The van der Waals surface area contributed by atoms with Crippen LogP contribution in [-0.2, 0) is 60.2 Å². The molecule has 1 aromatic rings. The van der Waals surface area contributed by atoms with E-state index >= 15 is 0 Å². The first-order valence-corrected chi connectivity index (χ1v) is 3.22. The van der Waals surface area contributed by atoms with Crippen molar-refractivity contribution in [3.8, 4) is 0 Å². The van der Waals surface area contributed by atoms with Crippen molar-refractivity contribution in [1.82, 2.24) is 0 Å². The van der Waals surface area contributed by atoms with Crippen LogP contribution in [-0.4, -0.2) is 0 Å². The molecule has 11 heavy (non-hydrogen) atoms. The van der Waals surface area contributed by atoms with Crippen molar-refractivity contribution >= 4 is 0 Å². The summed E-state index contributed by atoms with van der Waals surface area (Å²) in [5.41, 5.74) is 2.59. The average Bonchev–Trinajstić information content (AvgIpc) is 1.89. The standard InChI is InChI=1S/C9H10.W.Y/c1-3-9-7-5-4-6-8(9)2;;/h5-6H,3H2,1-2H3;;/q-2;;. The molecule has 0 amide bonds. The summed E-state index contributed by atoms with van der Waals surface area (Å²) in [7, 11) is 0. The fourth-order valence-corrected chi connectivity index (χ4v) is 0.877. The van der Waals surface area contributed by atoms with Crippen molar-refractivity contribution < 1.29 is 53.8 Å². The van der Waals surface area contributed by atoms with Crippen LogP contribution in [0.3, 0.4) is 0 Å². The molecular weight excluding hydrogens is 381 g/mol. The molecule has 0 nitrogen and oxygen atoms in total. The topological polar surface area (TPSA) is 0 Å². The summed E-state index contributed by atoms with van der Waals surface area (Å²) in [4.78, 5) is 0. The molecule has 0 aliphatic carbocycles. The molecule has 0 aromatic heterocycles. The Morgan fingerprint density at radius 1 is 1.45 bits per heavy atom. The van der Waals surface area contributed by atoms with Crippen molar-refractivity contribution in [3.63, 3.8) is 0 Å². The third-order valence-electron chi connectivity index (χ3n) is 1.46. The van der Waals surface area contributed by atoms with Crippen molar-refractivity contribution in [2.45, 2.75) is 20.3 Å². The summed E-state index contributed by atoms with van der Waals surface area (Å²) >= 11 is 0. The zero-order chi connectivity index (χ0) is 6.69. The van der Waals surface area contributed by atoms with Gasteiger partial charge in [0.1, 0.15) is 0 Å². The minimum absolute atomic E-state index is 0. The number of rotatable bonds is 1. The van der Waals surface area contributed by atoms with E-state index in [0.717, 1.165) is 6.42 Å². The summed E-state index contributed by atoms with van der Waals surface area (Å²) < 4.78 is 0. The van der Waals surface area contributed by atoms with Crippen molar-refractivity contribution in [2.24, 2.45) is 0 Å². The normalized spacial score (nSPS) is 7.82. The quantitative estimate of drug-likeness (QED) is 0.645. The molecule has 0 N–H and O–H groups in total. The predicted molar refractivity (Wildman–Crippen MR) is 38.2 cm³/mol. The average molecular weight is 391 g/mol. The molecule has 0 spiro atoms. The molecule has 0 bridgehead atoms. The molecule has 2 heteroatoms. The third-order valence-corrected chi connectivity index (χ3v) is 1.46. The number of hydrogen-bond acceptors (Lipinski definition) is 0. The smallest absolute Gasteiger partial charge is 0 e. The van der Waals surface area contributed by atoms with Gasteiger partial charge in [0.05, 0.1) is 0 Å². The Morgan fingerprint density at radius 2 is 2.09 bits per heavy atom. The molecule has 0 atom stereocenters. The maximum absolute atomic E-state index is 3.13. The molecule has 0 fully saturated rings. The number of aryl methyl sites for hydroxylation is 2. The summed E-state index contributed by atoms with van der Waals surface area (Å²) in [6, 6.07) is 9.95. The van der Waals surface area contributed by atoms with Crippen LogP contribution in [0.1, 0.15) is 18.1 Å². The fraction of sp³-hybridized carbons (Fsp3) is 0.333. The summed E-state index contributed by atoms with van der Waals surface area (Å²) in [5.74, 6) is 0. The maximum atomic E-state index is 3.13. The van der Waals surface area contributed by atoms with E-state index < -0.39 is 0 Å². The van der Waals surface area contributed by atoms with Gasteiger partial charge in [0.15, 0.2) is 0 Å². The molecule has 1 aromatic carbocycles. The Labute approximate surface area is 108 Å². The first kappa shape index (κ1) is 14.5. The maximum Gasteiger partial charge on any atom is 0 e. The van der Waals surface area contributed by atoms with Crippen LogP contribution in [0.5, 0.6) is 0 Å². The largest absolute Gasteiger partial charge is 0.359 e. The van der Waals surface area contributed by atoms with Gasteiger partial charge in [-0.2, -0.15) is 0 Å². The van der Waals surface area contributed by atoms with Gasteiger partial charge in [-0.05, 0) is 0 Å². The van der Waals surface area contributed by atoms with Crippen molar-refractivity contribution in [3.05, 3.63) is 35.4 Å². The second kappa shape index (κ2) is 7.65. The third kappa shape index (κ3) is 4.56. The van der Waals surface area contributed by atoms with E-state index in [1.54, 1.807) is 0 Å². The Kier molecular flexibility index (Phi) is 10.1. The summed E-state index contributed by atoms with van der Waals surface area (Å²) in [6.45, 7) is 4.23. The number of benzene rings is 1. The van der Waals surface area contributed by atoms with E-state index in [9.17, 15) is 0 Å². The molecule has 1 rings (SSSR count). The Balaban J connectivity index is 0. The Bertz CT molecular complexity index is 199. The molecular formula is C9H10WY-2. The van der Waals surface area contributed by atoms with Crippen molar-refractivity contribution in [2.75, 3.05) is 0 Å². The van der Waals surface area contributed by atoms with Crippen molar-refractivity contribution in [1.29, 1.82) is 0 Å². The molecule has 57 valence electrons. The van der Waals surface area contributed by atoms with Gasteiger partial charge in [-0.25, -0.2) is 0 Å². The van der Waals surface area contributed by atoms with Crippen LogP contribution in [0.25, 0.3) is 0 Å². The van der Waals surface area contributed by atoms with Crippen LogP contribution in [0.4, 0.5) is 0 Å². The molecule has 0 aliphatic heterocycles. The van der Waals surface area contributed by atoms with E-state index in [-0.39, 0.29) is 53.8 Å². The summed E-state index contributed by atoms with van der Waals surface area (Å²) in [5, 5.41) is 0. The minimum atomic E-state index is 0. The minimum Gasteiger partial charge on any atom is -0.359 e. The van der Waals surface area contributed by atoms with Gasteiger partial charge in [0.2, 0.25) is 0 Å². The van der Waals surface area contributed by atoms with Gasteiger partial charge < -0.3 is 18.2 Å². The van der Waals surface area contributed by atoms with Crippen LogP contribution in [0, 0.1) is 19.1 Å².